The van der Waals surface area contributed by atoms with Crippen LogP contribution < -0.4 is 4.74 Å². The molecule has 3 aliphatic rings. The zero-order valence-electron chi connectivity index (χ0n) is 18.5. The maximum absolute atomic E-state index is 13.3. The van der Waals surface area contributed by atoms with Gasteiger partial charge in [0.15, 0.2) is 0 Å². The number of ether oxygens (including phenoxy) is 2. The van der Waals surface area contributed by atoms with E-state index in [1.165, 1.54) is 19.3 Å². The second-order valence-corrected chi connectivity index (χ2v) is 9.69. The molecule has 2 aliphatic heterocycles. The monoisotopic (exact) mass is 415 g/mol. The first kappa shape index (κ1) is 21.6. The molecule has 1 saturated carbocycles. The van der Waals surface area contributed by atoms with E-state index in [0.717, 1.165) is 42.6 Å². The number of amides is 1. The van der Waals surface area contributed by atoms with Crippen LogP contribution in [0.25, 0.3) is 0 Å². The number of rotatable bonds is 4. The van der Waals surface area contributed by atoms with E-state index in [1.54, 1.807) is 0 Å². The molecule has 166 valence electrons. The van der Waals surface area contributed by atoms with Crippen LogP contribution in [0.1, 0.15) is 76.0 Å². The first-order valence-corrected chi connectivity index (χ1v) is 11.9. The van der Waals surface area contributed by atoms with Crippen molar-refractivity contribution in [1.29, 1.82) is 0 Å². The average Bonchev–Trinajstić information content (AvgIpc) is 3.00. The highest BCUT2D eigenvalue weighted by Gasteiger charge is 2.33. The van der Waals surface area contributed by atoms with Crippen molar-refractivity contribution in [2.45, 2.75) is 77.5 Å². The summed E-state index contributed by atoms with van der Waals surface area (Å²) in [6.07, 6.45) is 7.24. The molecule has 4 rings (SSSR count). The van der Waals surface area contributed by atoms with E-state index in [-0.39, 0.29) is 17.9 Å². The summed E-state index contributed by atoms with van der Waals surface area (Å²) in [6.45, 7) is 6.66. The SMILES string of the molecule is CC(C)[C@@H]1C[C@H](C(=O)N2CCOc3ccc([C@@H](O)C4CCCCC4)cc3C2)CCO1. The van der Waals surface area contributed by atoms with Gasteiger partial charge in [-0.05, 0) is 55.2 Å². The van der Waals surface area contributed by atoms with Crippen LogP contribution in [0.4, 0.5) is 0 Å². The van der Waals surface area contributed by atoms with E-state index in [4.69, 9.17) is 9.47 Å². The van der Waals surface area contributed by atoms with Crippen molar-refractivity contribution >= 4 is 5.91 Å². The van der Waals surface area contributed by atoms with Crippen molar-refractivity contribution in [1.82, 2.24) is 4.90 Å². The molecule has 0 aromatic heterocycles. The standard InChI is InChI=1S/C25H37NO4/c1-17(2)23-15-20(10-12-29-23)25(28)26-11-13-30-22-9-8-19(14-21(22)16-26)24(27)18-6-4-3-5-7-18/h8-9,14,17-18,20,23-24,27H,3-7,10-13,15-16H2,1-2H3/t20-,23+,24+/m1/s1. The summed E-state index contributed by atoms with van der Waals surface area (Å²) in [5, 5.41) is 10.9. The van der Waals surface area contributed by atoms with Gasteiger partial charge < -0.3 is 19.5 Å². The van der Waals surface area contributed by atoms with E-state index in [2.05, 4.69) is 19.9 Å². The highest BCUT2D eigenvalue weighted by molar-refractivity contribution is 5.79. The Morgan fingerprint density at radius 2 is 1.93 bits per heavy atom. The van der Waals surface area contributed by atoms with Crippen molar-refractivity contribution in [3.63, 3.8) is 0 Å². The summed E-state index contributed by atoms with van der Waals surface area (Å²) < 4.78 is 11.8. The molecule has 30 heavy (non-hydrogen) atoms. The lowest BCUT2D eigenvalue weighted by Gasteiger charge is -2.34. The second-order valence-electron chi connectivity index (χ2n) is 9.69. The minimum atomic E-state index is -0.426. The molecule has 1 aliphatic carbocycles. The number of hydrogen-bond donors (Lipinski definition) is 1. The topological polar surface area (TPSA) is 59.0 Å². The van der Waals surface area contributed by atoms with Gasteiger partial charge in [-0.25, -0.2) is 0 Å². The van der Waals surface area contributed by atoms with Crippen LogP contribution in [0.3, 0.4) is 0 Å². The molecule has 1 saturated heterocycles. The first-order valence-electron chi connectivity index (χ1n) is 11.9. The highest BCUT2D eigenvalue weighted by atomic mass is 16.5. The third-order valence-electron chi connectivity index (χ3n) is 7.22. The van der Waals surface area contributed by atoms with Crippen LogP contribution in [0, 0.1) is 17.8 Å². The van der Waals surface area contributed by atoms with Crippen LogP contribution in [-0.4, -0.2) is 41.8 Å². The molecular weight excluding hydrogens is 378 g/mol. The van der Waals surface area contributed by atoms with Crippen LogP contribution in [0.2, 0.25) is 0 Å². The van der Waals surface area contributed by atoms with E-state index in [9.17, 15) is 9.90 Å². The Hall–Kier alpha value is -1.59. The predicted molar refractivity (Wildman–Crippen MR) is 116 cm³/mol. The lowest BCUT2D eigenvalue weighted by molar-refractivity contribution is -0.142. The van der Waals surface area contributed by atoms with Gasteiger partial charge in [-0.1, -0.05) is 39.2 Å². The quantitative estimate of drug-likeness (QED) is 0.788. The van der Waals surface area contributed by atoms with Crippen molar-refractivity contribution < 1.29 is 19.4 Å². The molecule has 1 aromatic carbocycles. The van der Waals surface area contributed by atoms with E-state index < -0.39 is 6.10 Å². The Morgan fingerprint density at radius 1 is 1.13 bits per heavy atom. The number of nitrogens with zero attached hydrogens (tertiary/aromatic N) is 1. The van der Waals surface area contributed by atoms with Gasteiger partial charge in [0.05, 0.1) is 18.8 Å². The minimum Gasteiger partial charge on any atom is -0.491 e. The Kier molecular flexibility index (Phi) is 6.99. The fourth-order valence-electron chi connectivity index (χ4n) is 5.28. The van der Waals surface area contributed by atoms with Crippen LogP contribution in [0.15, 0.2) is 18.2 Å². The number of aliphatic hydroxyl groups excluding tert-OH is 1. The molecule has 1 aromatic rings. The smallest absolute Gasteiger partial charge is 0.226 e. The summed E-state index contributed by atoms with van der Waals surface area (Å²) in [7, 11) is 0. The summed E-state index contributed by atoms with van der Waals surface area (Å²) in [6, 6.07) is 6.05. The number of carbonyl (C=O) groups excluding carboxylic acids is 1. The van der Waals surface area contributed by atoms with Gasteiger partial charge in [0, 0.05) is 24.6 Å². The zero-order chi connectivity index (χ0) is 21.1. The van der Waals surface area contributed by atoms with Gasteiger partial charge in [0.1, 0.15) is 12.4 Å². The van der Waals surface area contributed by atoms with Gasteiger partial charge in [0.25, 0.3) is 0 Å². The minimum absolute atomic E-state index is 0.0312. The maximum Gasteiger partial charge on any atom is 0.226 e. The number of carbonyl (C=O) groups is 1. The van der Waals surface area contributed by atoms with Gasteiger partial charge in [-0.15, -0.1) is 0 Å². The van der Waals surface area contributed by atoms with Gasteiger partial charge in [0.2, 0.25) is 5.91 Å². The van der Waals surface area contributed by atoms with E-state index in [0.29, 0.717) is 38.1 Å². The van der Waals surface area contributed by atoms with Gasteiger partial charge in [-0.3, -0.25) is 4.79 Å². The van der Waals surface area contributed by atoms with Crippen LogP contribution >= 0.6 is 0 Å². The van der Waals surface area contributed by atoms with Crippen molar-refractivity contribution in [3.8, 4) is 5.75 Å². The second kappa shape index (κ2) is 9.69. The largest absolute Gasteiger partial charge is 0.491 e. The average molecular weight is 416 g/mol. The zero-order valence-corrected chi connectivity index (χ0v) is 18.5. The molecule has 1 N–H and O–H groups in total. The fourth-order valence-corrected chi connectivity index (χ4v) is 5.28. The molecule has 2 heterocycles. The lowest BCUT2D eigenvalue weighted by atomic mass is 9.82. The molecular formula is C25H37NO4. The summed E-state index contributed by atoms with van der Waals surface area (Å²) in [4.78, 5) is 15.3. The van der Waals surface area contributed by atoms with Crippen molar-refractivity contribution in [2.75, 3.05) is 19.8 Å². The van der Waals surface area contributed by atoms with Crippen LogP contribution in [-0.2, 0) is 16.1 Å². The Balaban J connectivity index is 1.47. The molecule has 0 unspecified atom stereocenters. The number of hydrogen-bond acceptors (Lipinski definition) is 4. The molecule has 1 amide bonds. The van der Waals surface area contributed by atoms with Gasteiger partial charge in [-0.2, -0.15) is 0 Å². The summed E-state index contributed by atoms with van der Waals surface area (Å²) in [5.41, 5.74) is 1.98. The predicted octanol–water partition coefficient (Wildman–Crippen LogP) is 4.47. The molecule has 2 fully saturated rings. The van der Waals surface area contributed by atoms with E-state index in [1.807, 2.05) is 17.0 Å². The summed E-state index contributed by atoms with van der Waals surface area (Å²) >= 11 is 0. The lowest BCUT2D eigenvalue weighted by Crippen LogP contribution is -2.42. The summed E-state index contributed by atoms with van der Waals surface area (Å²) in [5.74, 6) is 1.87. The molecule has 0 spiro atoms. The Morgan fingerprint density at radius 3 is 2.70 bits per heavy atom. The number of aliphatic hydroxyl groups is 1. The molecule has 5 heteroatoms. The third kappa shape index (κ3) is 4.83. The maximum atomic E-state index is 13.3. The van der Waals surface area contributed by atoms with Crippen LogP contribution in [0.5, 0.6) is 5.75 Å². The fraction of sp³-hybridized carbons (Fsp3) is 0.720. The van der Waals surface area contributed by atoms with Crippen molar-refractivity contribution in [3.05, 3.63) is 29.3 Å². The number of benzene rings is 1. The molecule has 0 radical (unpaired) electrons. The van der Waals surface area contributed by atoms with Gasteiger partial charge >= 0.3 is 0 Å². The molecule has 0 bridgehead atoms. The Bertz CT molecular complexity index is 728. The molecule has 5 nitrogen and oxygen atoms in total. The number of fused-ring (bicyclic) bond motifs is 1. The Labute approximate surface area is 180 Å². The highest BCUT2D eigenvalue weighted by Crippen LogP contribution is 2.36. The third-order valence-corrected chi connectivity index (χ3v) is 7.22. The molecule has 3 atom stereocenters. The van der Waals surface area contributed by atoms with Crippen molar-refractivity contribution in [2.24, 2.45) is 17.8 Å². The first-order chi connectivity index (χ1) is 14.5. The normalized spacial score (nSPS) is 26.6. The van der Waals surface area contributed by atoms with E-state index >= 15 is 0 Å².